The van der Waals surface area contributed by atoms with E-state index in [0.717, 1.165) is 18.6 Å². The zero-order chi connectivity index (χ0) is 15.8. The first kappa shape index (κ1) is 18.9. The van der Waals surface area contributed by atoms with Crippen LogP contribution in [0.5, 0.6) is 0 Å². The monoisotopic (exact) mass is 284 g/mol. The summed E-state index contributed by atoms with van der Waals surface area (Å²) in [5.41, 5.74) is 1.23. The molecule has 0 saturated heterocycles. The fraction of sp³-hybridized carbons (Fsp3) is 0.875. The summed E-state index contributed by atoms with van der Waals surface area (Å²) in [5, 5.41) is 6.82. The van der Waals surface area contributed by atoms with Gasteiger partial charge in [-0.2, -0.15) is 0 Å². The van der Waals surface area contributed by atoms with Gasteiger partial charge in [0.25, 0.3) is 5.91 Å². The van der Waals surface area contributed by atoms with Crippen LogP contribution in [0.3, 0.4) is 0 Å². The summed E-state index contributed by atoms with van der Waals surface area (Å²) in [6, 6.07) is 0. The van der Waals surface area contributed by atoms with Crippen molar-refractivity contribution < 1.29 is 9.63 Å². The number of hydrogen-bond donors (Lipinski definition) is 1. The Morgan fingerprint density at radius 1 is 1.10 bits per heavy atom. The summed E-state index contributed by atoms with van der Waals surface area (Å²) in [6.07, 6.45) is 3.31. The van der Waals surface area contributed by atoms with E-state index in [1.807, 2.05) is 6.92 Å². The second-order valence-electron chi connectivity index (χ2n) is 7.57. The van der Waals surface area contributed by atoms with Crippen LogP contribution < -0.4 is 5.32 Å². The average molecular weight is 284 g/mol. The molecular weight excluding hydrogens is 252 g/mol. The number of amides is 1. The Kier molecular flexibility index (Phi) is 7.84. The van der Waals surface area contributed by atoms with Crippen LogP contribution in [0.1, 0.15) is 67.7 Å². The molecule has 0 aliphatic carbocycles. The van der Waals surface area contributed by atoms with Crippen molar-refractivity contribution in [3.63, 3.8) is 0 Å². The number of carbonyl (C=O) groups excluding carboxylic acids is 1. The molecule has 4 heteroatoms. The Morgan fingerprint density at radius 3 is 2.20 bits per heavy atom. The summed E-state index contributed by atoms with van der Waals surface area (Å²) in [7, 11) is 0. The van der Waals surface area contributed by atoms with Gasteiger partial charge in [-0.15, -0.1) is 0 Å². The second kappa shape index (κ2) is 8.28. The van der Waals surface area contributed by atoms with Gasteiger partial charge in [0.05, 0.1) is 5.71 Å². The maximum absolute atomic E-state index is 11.5. The molecule has 0 spiro atoms. The summed E-state index contributed by atoms with van der Waals surface area (Å²) >= 11 is 0. The van der Waals surface area contributed by atoms with E-state index in [-0.39, 0.29) is 17.9 Å². The van der Waals surface area contributed by atoms with Crippen molar-refractivity contribution in [2.75, 3.05) is 13.2 Å². The first-order chi connectivity index (χ1) is 9.02. The van der Waals surface area contributed by atoms with Gasteiger partial charge < -0.3 is 10.2 Å². The number of nitrogens with zero attached hydrogens (tertiary/aromatic N) is 1. The van der Waals surface area contributed by atoms with Crippen molar-refractivity contribution >= 4 is 11.6 Å². The molecule has 20 heavy (non-hydrogen) atoms. The molecule has 0 saturated carbocycles. The molecule has 0 fully saturated rings. The van der Waals surface area contributed by atoms with Gasteiger partial charge in [-0.25, -0.2) is 0 Å². The standard InChI is InChI=1S/C16H32N2O2/c1-13(16(5,6)7)18-20-12-14(19)17-11-9-8-10-15(2,3)4/h8-12H2,1-7H3,(H,17,19)/b18-13-. The maximum atomic E-state index is 11.5. The van der Waals surface area contributed by atoms with Crippen molar-refractivity contribution in [1.29, 1.82) is 0 Å². The highest BCUT2D eigenvalue weighted by Gasteiger charge is 2.15. The topological polar surface area (TPSA) is 50.7 Å². The van der Waals surface area contributed by atoms with Crippen LogP contribution in [0.25, 0.3) is 0 Å². The van der Waals surface area contributed by atoms with Crippen LogP contribution in [-0.4, -0.2) is 24.8 Å². The third-order valence-electron chi connectivity index (χ3n) is 3.16. The summed E-state index contributed by atoms with van der Waals surface area (Å²) < 4.78 is 0. The Labute approximate surface area is 124 Å². The minimum atomic E-state index is -0.105. The molecule has 0 aliphatic heterocycles. The van der Waals surface area contributed by atoms with Crippen molar-refractivity contribution in [2.45, 2.75) is 67.7 Å². The summed E-state index contributed by atoms with van der Waals surface area (Å²) in [6.45, 7) is 15.5. The van der Waals surface area contributed by atoms with E-state index in [9.17, 15) is 4.79 Å². The summed E-state index contributed by atoms with van der Waals surface area (Å²) in [5.74, 6) is -0.105. The highest BCUT2D eigenvalue weighted by Crippen LogP contribution is 2.21. The molecule has 0 aromatic heterocycles. The highest BCUT2D eigenvalue weighted by molar-refractivity contribution is 5.86. The number of oxime groups is 1. The van der Waals surface area contributed by atoms with Crippen molar-refractivity contribution in [3.8, 4) is 0 Å². The normalized spacial score (nSPS) is 13.2. The van der Waals surface area contributed by atoms with E-state index in [2.05, 4.69) is 52.0 Å². The minimum Gasteiger partial charge on any atom is -0.386 e. The van der Waals surface area contributed by atoms with Gasteiger partial charge >= 0.3 is 0 Å². The van der Waals surface area contributed by atoms with Crippen LogP contribution in [0.15, 0.2) is 5.16 Å². The molecule has 0 bridgehead atoms. The molecule has 0 aromatic carbocycles. The predicted molar refractivity (Wildman–Crippen MR) is 84.8 cm³/mol. The van der Waals surface area contributed by atoms with Gasteiger partial charge in [-0.3, -0.25) is 4.79 Å². The zero-order valence-corrected chi connectivity index (χ0v) is 14.3. The van der Waals surface area contributed by atoms with E-state index in [1.165, 1.54) is 6.42 Å². The van der Waals surface area contributed by atoms with Crippen LogP contribution in [0.4, 0.5) is 0 Å². The van der Waals surface area contributed by atoms with Crippen molar-refractivity contribution in [3.05, 3.63) is 0 Å². The fourth-order valence-corrected chi connectivity index (χ4v) is 1.38. The Bertz CT molecular complexity index is 322. The van der Waals surface area contributed by atoms with E-state index in [0.29, 0.717) is 12.0 Å². The van der Waals surface area contributed by atoms with E-state index in [1.54, 1.807) is 0 Å². The van der Waals surface area contributed by atoms with E-state index in [4.69, 9.17) is 4.84 Å². The smallest absolute Gasteiger partial charge is 0.260 e. The number of hydrogen-bond acceptors (Lipinski definition) is 3. The van der Waals surface area contributed by atoms with Crippen LogP contribution in [0.2, 0.25) is 0 Å². The Morgan fingerprint density at radius 2 is 1.70 bits per heavy atom. The first-order valence-corrected chi connectivity index (χ1v) is 7.46. The third-order valence-corrected chi connectivity index (χ3v) is 3.16. The lowest BCUT2D eigenvalue weighted by molar-refractivity contribution is -0.125. The molecule has 1 amide bonds. The number of unbranched alkanes of at least 4 members (excludes halogenated alkanes) is 1. The first-order valence-electron chi connectivity index (χ1n) is 7.46. The molecule has 4 nitrogen and oxygen atoms in total. The van der Waals surface area contributed by atoms with Gasteiger partial charge in [-0.1, -0.05) is 53.1 Å². The second-order valence-corrected chi connectivity index (χ2v) is 7.57. The largest absolute Gasteiger partial charge is 0.386 e. The lowest BCUT2D eigenvalue weighted by Crippen LogP contribution is -2.28. The molecule has 0 radical (unpaired) electrons. The average Bonchev–Trinajstić information content (AvgIpc) is 2.25. The lowest BCUT2D eigenvalue weighted by atomic mass is 9.90. The van der Waals surface area contributed by atoms with Gasteiger partial charge in [0, 0.05) is 12.0 Å². The molecule has 118 valence electrons. The molecule has 0 aromatic rings. The van der Waals surface area contributed by atoms with E-state index < -0.39 is 0 Å². The van der Waals surface area contributed by atoms with Gasteiger partial charge in [0.2, 0.25) is 0 Å². The quantitative estimate of drug-likeness (QED) is 0.439. The zero-order valence-electron chi connectivity index (χ0n) is 14.3. The molecular formula is C16H32N2O2. The van der Waals surface area contributed by atoms with Crippen molar-refractivity contribution in [2.24, 2.45) is 16.0 Å². The number of rotatable bonds is 7. The molecule has 0 atom stereocenters. The number of carbonyl (C=O) groups is 1. The highest BCUT2D eigenvalue weighted by atomic mass is 16.6. The maximum Gasteiger partial charge on any atom is 0.260 e. The molecule has 0 rings (SSSR count). The predicted octanol–water partition coefficient (Wildman–Crippen LogP) is 3.76. The van der Waals surface area contributed by atoms with Crippen LogP contribution in [-0.2, 0) is 9.63 Å². The van der Waals surface area contributed by atoms with Gasteiger partial charge in [0.1, 0.15) is 0 Å². The van der Waals surface area contributed by atoms with Crippen LogP contribution in [0, 0.1) is 10.8 Å². The van der Waals surface area contributed by atoms with Gasteiger partial charge in [0.15, 0.2) is 6.61 Å². The fourth-order valence-electron chi connectivity index (χ4n) is 1.38. The third kappa shape index (κ3) is 10.8. The van der Waals surface area contributed by atoms with Crippen LogP contribution >= 0.6 is 0 Å². The Balaban J connectivity index is 3.71. The molecule has 0 heterocycles. The SMILES string of the molecule is C/C(=N/OCC(=O)NCCCCC(C)(C)C)C(C)(C)C. The molecule has 0 unspecified atom stereocenters. The molecule has 0 aliphatic rings. The minimum absolute atomic E-state index is 0.00725. The Hall–Kier alpha value is -1.06. The van der Waals surface area contributed by atoms with Crippen molar-refractivity contribution in [1.82, 2.24) is 5.32 Å². The van der Waals surface area contributed by atoms with Gasteiger partial charge in [-0.05, 0) is 25.2 Å². The number of nitrogens with one attached hydrogen (secondary N) is 1. The van der Waals surface area contributed by atoms with E-state index >= 15 is 0 Å². The lowest BCUT2D eigenvalue weighted by Gasteiger charge is -2.17. The summed E-state index contributed by atoms with van der Waals surface area (Å²) in [4.78, 5) is 16.6. The molecule has 1 N–H and O–H groups in total.